The van der Waals surface area contributed by atoms with Gasteiger partial charge in [-0.25, -0.2) is 0 Å². The molecular formula is C17H22N2. The Kier molecular flexibility index (Phi) is 4.45. The number of unbranched alkanes of at least 4 members (excludes halogenated alkanes) is 1. The van der Waals surface area contributed by atoms with Crippen molar-refractivity contribution in [1.29, 1.82) is 0 Å². The normalized spacial score (nSPS) is 10.4. The molecule has 0 aromatic heterocycles. The molecule has 0 aliphatic heterocycles. The SMILES string of the molecule is CCCCN(c1ccccc1)c1ccc(C)c(N)c1. The van der Waals surface area contributed by atoms with E-state index < -0.39 is 0 Å². The number of para-hydroxylation sites is 1. The summed E-state index contributed by atoms with van der Waals surface area (Å²) in [6.07, 6.45) is 2.35. The molecule has 2 nitrogen and oxygen atoms in total. The van der Waals surface area contributed by atoms with Gasteiger partial charge in [-0.1, -0.05) is 37.6 Å². The molecule has 2 aromatic carbocycles. The highest BCUT2D eigenvalue weighted by atomic mass is 15.1. The largest absolute Gasteiger partial charge is 0.398 e. The smallest absolute Gasteiger partial charge is 0.0431 e. The molecule has 2 rings (SSSR count). The number of hydrogen-bond donors (Lipinski definition) is 1. The lowest BCUT2D eigenvalue weighted by Crippen LogP contribution is -2.18. The zero-order valence-corrected chi connectivity index (χ0v) is 11.8. The molecule has 0 aliphatic carbocycles. The first-order chi connectivity index (χ1) is 9.22. The van der Waals surface area contributed by atoms with Crippen LogP contribution in [0.25, 0.3) is 0 Å². The summed E-state index contributed by atoms with van der Waals surface area (Å²) in [5.74, 6) is 0. The second kappa shape index (κ2) is 6.28. The van der Waals surface area contributed by atoms with Crippen LogP contribution in [0.1, 0.15) is 25.3 Å². The standard InChI is InChI=1S/C17H22N2/c1-3-4-12-19(15-8-6-5-7-9-15)16-11-10-14(2)17(18)13-16/h5-11,13H,3-4,12,18H2,1-2H3. The predicted octanol–water partition coefficient (Wildman–Crippen LogP) is 4.52. The number of nitrogen functional groups attached to an aromatic ring is 1. The number of aryl methyl sites for hydroxylation is 1. The number of nitrogens with zero attached hydrogens (tertiary/aromatic N) is 1. The van der Waals surface area contributed by atoms with Crippen molar-refractivity contribution >= 4 is 17.1 Å². The minimum absolute atomic E-state index is 0.856. The average molecular weight is 254 g/mol. The summed E-state index contributed by atoms with van der Waals surface area (Å²) in [6, 6.07) is 16.8. The van der Waals surface area contributed by atoms with E-state index in [1.165, 1.54) is 24.2 Å². The maximum absolute atomic E-state index is 6.04. The van der Waals surface area contributed by atoms with Gasteiger partial charge in [-0.15, -0.1) is 0 Å². The number of benzene rings is 2. The van der Waals surface area contributed by atoms with E-state index in [9.17, 15) is 0 Å². The van der Waals surface area contributed by atoms with Crippen LogP contribution in [0.3, 0.4) is 0 Å². The van der Waals surface area contributed by atoms with E-state index in [4.69, 9.17) is 5.73 Å². The molecule has 0 atom stereocenters. The van der Waals surface area contributed by atoms with E-state index in [0.717, 1.165) is 17.8 Å². The molecule has 0 aliphatic rings. The lowest BCUT2D eigenvalue weighted by Gasteiger charge is -2.25. The Labute approximate surface area is 115 Å². The first-order valence-electron chi connectivity index (χ1n) is 6.91. The molecule has 2 aromatic rings. The van der Waals surface area contributed by atoms with Crippen molar-refractivity contribution in [2.45, 2.75) is 26.7 Å². The molecule has 0 fully saturated rings. The number of anilines is 3. The van der Waals surface area contributed by atoms with Gasteiger partial charge in [0.2, 0.25) is 0 Å². The van der Waals surface area contributed by atoms with Crippen molar-refractivity contribution in [3.63, 3.8) is 0 Å². The van der Waals surface area contributed by atoms with Gasteiger partial charge in [0.05, 0.1) is 0 Å². The monoisotopic (exact) mass is 254 g/mol. The van der Waals surface area contributed by atoms with Crippen LogP contribution in [0.4, 0.5) is 17.1 Å². The molecule has 100 valence electrons. The Bertz CT molecular complexity index is 520. The van der Waals surface area contributed by atoms with Crippen molar-refractivity contribution in [1.82, 2.24) is 0 Å². The van der Waals surface area contributed by atoms with Crippen LogP contribution in [0.15, 0.2) is 48.5 Å². The third kappa shape index (κ3) is 3.28. The molecule has 0 saturated carbocycles. The van der Waals surface area contributed by atoms with Crippen LogP contribution in [-0.2, 0) is 0 Å². The fraction of sp³-hybridized carbons (Fsp3) is 0.294. The fourth-order valence-corrected chi connectivity index (χ4v) is 2.13. The molecule has 0 bridgehead atoms. The van der Waals surface area contributed by atoms with Gasteiger partial charge in [0.15, 0.2) is 0 Å². The van der Waals surface area contributed by atoms with Crippen LogP contribution in [0.2, 0.25) is 0 Å². The van der Waals surface area contributed by atoms with Gasteiger partial charge < -0.3 is 10.6 Å². The first kappa shape index (κ1) is 13.5. The van der Waals surface area contributed by atoms with E-state index in [1.807, 2.05) is 13.0 Å². The Balaban J connectivity index is 2.34. The highest BCUT2D eigenvalue weighted by Crippen LogP contribution is 2.28. The Morgan fingerprint density at radius 2 is 1.74 bits per heavy atom. The zero-order valence-electron chi connectivity index (χ0n) is 11.8. The third-order valence-electron chi connectivity index (χ3n) is 3.38. The minimum atomic E-state index is 0.856. The maximum Gasteiger partial charge on any atom is 0.0431 e. The average Bonchev–Trinajstić information content (AvgIpc) is 2.44. The molecule has 2 N–H and O–H groups in total. The summed E-state index contributed by atoms with van der Waals surface area (Å²) >= 11 is 0. The van der Waals surface area contributed by atoms with Crippen molar-refractivity contribution < 1.29 is 0 Å². The predicted molar refractivity (Wildman–Crippen MR) is 83.9 cm³/mol. The molecule has 0 saturated heterocycles. The van der Waals surface area contributed by atoms with E-state index >= 15 is 0 Å². The van der Waals surface area contributed by atoms with E-state index in [1.54, 1.807) is 0 Å². The summed E-state index contributed by atoms with van der Waals surface area (Å²) in [6.45, 7) is 5.27. The summed E-state index contributed by atoms with van der Waals surface area (Å²) in [5, 5.41) is 0. The van der Waals surface area contributed by atoms with E-state index in [-0.39, 0.29) is 0 Å². The Morgan fingerprint density at radius 1 is 1.00 bits per heavy atom. The lowest BCUT2D eigenvalue weighted by atomic mass is 10.1. The van der Waals surface area contributed by atoms with Crippen LogP contribution < -0.4 is 10.6 Å². The number of hydrogen-bond acceptors (Lipinski definition) is 2. The van der Waals surface area contributed by atoms with Gasteiger partial charge in [0, 0.05) is 23.6 Å². The summed E-state index contributed by atoms with van der Waals surface area (Å²) < 4.78 is 0. The second-order valence-electron chi connectivity index (χ2n) is 4.88. The van der Waals surface area contributed by atoms with Crippen LogP contribution in [0.5, 0.6) is 0 Å². The lowest BCUT2D eigenvalue weighted by molar-refractivity contribution is 0.786. The molecule has 19 heavy (non-hydrogen) atoms. The first-order valence-corrected chi connectivity index (χ1v) is 6.91. The van der Waals surface area contributed by atoms with Crippen LogP contribution >= 0.6 is 0 Å². The number of rotatable bonds is 5. The highest BCUT2D eigenvalue weighted by molar-refractivity contribution is 5.68. The molecular weight excluding hydrogens is 232 g/mol. The second-order valence-corrected chi connectivity index (χ2v) is 4.88. The summed E-state index contributed by atoms with van der Waals surface area (Å²) in [7, 11) is 0. The van der Waals surface area contributed by atoms with Crippen molar-refractivity contribution in [2.75, 3.05) is 17.2 Å². The molecule has 0 radical (unpaired) electrons. The minimum Gasteiger partial charge on any atom is -0.398 e. The highest BCUT2D eigenvalue weighted by Gasteiger charge is 2.09. The fourth-order valence-electron chi connectivity index (χ4n) is 2.13. The molecule has 0 heterocycles. The van der Waals surface area contributed by atoms with Gasteiger partial charge in [-0.3, -0.25) is 0 Å². The summed E-state index contributed by atoms with van der Waals surface area (Å²) in [4.78, 5) is 2.33. The van der Waals surface area contributed by atoms with Crippen LogP contribution in [-0.4, -0.2) is 6.54 Å². The van der Waals surface area contributed by atoms with Crippen molar-refractivity contribution in [3.8, 4) is 0 Å². The van der Waals surface area contributed by atoms with Crippen LogP contribution in [0, 0.1) is 6.92 Å². The summed E-state index contributed by atoms with van der Waals surface area (Å²) in [5.41, 5.74) is 10.4. The van der Waals surface area contributed by atoms with Gasteiger partial charge in [-0.2, -0.15) is 0 Å². The third-order valence-corrected chi connectivity index (χ3v) is 3.38. The van der Waals surface area contributed by atoms with E-state index in [0.29, 0.717) is 0 Å². The Hall–Kier alpha value is -1.96. The van der Waals surface area contributed by atoms with Gasteiger partial charge in [0.1, 0.15) is 0 Å². The van der Waals surface area contributed by atoms with E-state index in [2.05, 4.69) is 54.3 Å². The number of nitrogens with two attached hydrogens (primary N) is 1. The van der Waals surface area contributed by atoms with Crippen molar-refractivity contribution in [2.24, 2.45) is 0 Å². The molecule has 0 unspecified atom stereocenters. The molecule has 2 heteroatoms. The molecule has 0 amide bonds. The van der Waals surface area contributed by atoms with Gasteiger partial charge in [-0.05, 0) is 43.2 Å². The Morgan fingerprint density at radius 3 is 2.37 bits per heavy atom. The molecule has 0 spiro atoms. The topological polar surface area (TPSA) is 29.3 Å². The van der Waals surface area contributed by atoms with Gasteiger partial charge >= 0.3 is 0 Å². The van der Waals surface area contributed by atoms with Gasteiger partial charge in [0.25, 0.3) is 0 Å². The quantitative estimate of drug-likeness (QED) is 0.795. The van der Waals surface area contributed by atoms with Crippen molar-refractivity contribution in [3.05, 3.63) is 54.1 Å². The maximum atomic E-state index is 6.04. The zero-order chi connectivity index (χ0) is 13.7.